The highest BCUT2D eigenvalue weighted by Crippen LogP contribution is 2.29. The maximum absolute atomic E-state index is 12.6. The van der Waals surface area contributed by atoms with Gasteiger partial charge in [0, 0.05) is 17.6 Å². The van der Waals surface area contributed by atoms with Crippen molar-refractivity contribution in [2.75, 3.05) is 26.2 Å². The maximum atomic E-state index is 12.6. The highest BCUT2D eigenvalue weighted by atomic mass is 79.9. The summed E-state index contributed by atoms with van der Waals surface area (Å²) < 4.78 is 0.899. The molecule has 1 amide bonds. The van der Waals surface area contributed by atoms with Crippen LogP contribution in [-0.2, 0) is 0 Å². The van der Waals surface area contributed by atoms with Gasteiger partial charge in [-0.2, -0.15) is 0 Å². The van der Waals surface area contributed by atoms with Gasteiger partial charge in [-0.15, -0.1) is 12.4 Å². The van der Waals surface area contributed by atoms with Gasteiger partial charge >= 0.3 is 0 Å². The molecule has 0 spiro atoms. The van der Waals surface area contributed by atoms with Crippen molar-refractivity contribution in [2.24, 2.45) is 11.8 Å². The van der Waals surface area contributed by atoms with E-state index in [2.05, 4.69) is 21.2 Å². The van der Waals surface area contributed by atoms with Crippen LogP contribution in [0.3, 0.4) is 0 Å². The first-order valence-electron chi connectivity index (χ1n) is 7.10. The Balaban J connectivity index is 0.00000161. The molecule has 0 radical (unpaired) electrons. The van der Waals surface area contributed by atoms with Crippen LogP contribution in [-0.4, -0.2) is 37.0 Å². The fraction of sp³-hybridized carbons (Fsp3) is 0.533. The zero-order valence-electron chi connectivity index (χ0n) is 11.6. The van der Waals surface area contributed by atoms with E-state index in [1.807, 2.05) is 17.0 Å². The van der Waals surface area contributed by atoms with Crippen molar-refractivity contribution in [3.05, 3.63) is 33.3 Å². The lowest BCUT2D eigenvalue weighted by Gasteiger charge is -2.21. The van der Waals surface area contributed by atoms with E-state index in [4.69, 9.17) is 11.6 Å². The van der Waals surface area contributed by atoms with Gasteiger partial charge in [0.2, 0.25) is 0 Å². The number of carbonyl (C=O) groups excluding carboxylic acids is 1. The monoisotopic (exact) mass is 392 g/mol. The molecule has 0 aromatic heterocycles. The minimum absolute atomic E-state index is 0. The van der Waals surface area contributed by atoms with Gasteiger partial charge in [0.15, 0.2) is 0 Å². The second-order valence-electron chi connectivity index (χ2n) is 5.67. The van der Waals surface area contributed by atoms with E-state index in [-0.39, 0.29) is 18.3 Å². The molecule has 6 heteroatoms. The second kappa shape index (κ2) is 7.32. The zero-order valence-corrected chi connectivity index (χ0v) is 14.8. The normalized spacial score (nSPS) is 25.0. The third kappa shape index (κ3) is 3.73. The Bertz CT molecular complexity index is 512. The van der Waals surface area contributed by atoms with Crippen molar-refractivity contribution < 1.29 is 4.79 Å². The molecular formula is C15H19BrCl2N2O. The number of amides is 1. The molecule has 0 bridgehead atoms. The molecule has 2 aliphatic heterocycles. The van der Waals surface area contributed by atoms with Crippen LogP contribution >= 0.6 is 39.9 Å². The number of hydrogen-bond donors (Lipinski definition) is 1. The van der Waals surface area contributed by atoms with E-state index in [9.17, 15) is 4.79 Å². The topological polar surface area (TPSA) is 32.3 Å². The fourth-order valence-corrected chi connectivity index (χ4v) is 4.01. The summed E-state index contributed by atoms with van der Waals surface area (Å²) in [5, 5.41) is 3.98. The van der Waals surface area contributed by atoms with E-state index >= 15 is 0 Å². The summed E-state index contributed by atoms with van der Waals surface area (Å²) >= 11 is 9.56. The van der Waals surface area contributed by atoms with E-state index in [1.54, 1.807) is 6.07 Å². The first-order valence-corrected chi connectivity index (χ1v) is 8.27. The Morgan fingerprint density at radius 2 is 1.86 bits per heavy atom. The van der Waals surface area contributed by atoms with Crippen LogP contribution in [0.15, 0.2) is 22.7 Å². The summed E-state index contributed by atoms with van der Waals surface area (Å²) in [6.07, 6.45) is 2.19. The number of hydrogen-bond acceptors (Lipinski definition) is 2. The van der Waals surface area contributed by atoms with E-state index < -0.39 is 0 Å². The number of likely N-dealkylation sites (tertiary alicyclic amines) is 1. The molecule has 21 heavy (non-hydrogen) atoms. The number of halogens is 3. The molecule has 1 aromatic carbocycles. The summed E-state index contributed by atoms with van der Waals surface area (Å²) in [5.41, 5.74) is 0.611. The molecule has 0 unspecified atom stereocenters. The van der Waals surface area contributed by atoms with Gasteiger partial charge in [0.05, 0.1) is 10.6 Å². The standard InChI is InChI=1S/C15H18BrClN2O.ClH/c16-12-1-2-13(14(17)7-12)15(20)19-5-3-10-8-18-9-11(10)4-6-19;/h1-2,7,10-11,18H,3-6,8-9H2;1H/t10-,11+;. The average Bonchev–Trinajstić information content (AvgIpc) is 2.77. The van der Waals surface area contributed by atoms with Gasteiger partial charge in [-0.3, -0.25) is 4.79 Å². The van der Waals surface area contributed by atoms with Gasteiger partial charge in [-0.05, 0) is 56.0 Å². The van der Waals surface area contributed by atoms with Gasteiger partial charge in [-0.25, -0.2) is 0 Å². The third-order valence-electron chi connectivity index (χ3n) is 4.47. The maximum Gasteiger partial charge on any atom is 0.255 e. The average molecular weight is 394 g/mol. The summed E-state index contributed by atoms with van der Waals surface area (Å²) in [6.45, 7) is 3.89. The molecule has 2 heterocycles. The van der Waals surface area contributed by atoms with Crippen molar-refractivity contribution in [1.29, 1.82) is 0 Å². The lowest BCUT2D eigenvalue weighted by atomic mass is 9.92. The molecule has 2 fully saturated rings. The number of nitrogens with one attached hydrogen (secondary N) is 1. The zero-order chi connectivity index (χ0) is 14.1. The molecule has 2 atom stereocenters. The van der Waals surface area contributed by atoms with Crippen LogP contribution < -0.4 is 5.32 Å². The summed E-state index contributed by atoms with van der Waals surface area (Å²) in [5.74, 6) is 1.52. The minimum atomic E-state index is 0. The second-order valence-corrected chi connectivity index (χ2v) is 7.00. The van der Waals surface area contributed by atoms with Crippen LogP contribution in [0.2, 0.25) is 5.02 Å². The molecule has 3 nitrogen and oxygen atoms in total. The number of fused-ring (bicyclic) bond motifs is 1. The predicted molar refractivity (Wildman–Crippen MR) is 91.4 cm³/mol. The highest BCUT2D eigenvalue weighted by Gasteiger charge is 2.31. The Hall–Kier alpha value is -0.290. The van der Waals surface area contributed by atoms with Crippen LogP contribution in [0, 0.1) is 11.8 Å². The van der Waals surface area contributed by atoms with Crippen LogP contribution in [0.4, 0.5) is 0 Å². The van der Waals surface area contributed by atoms with Crippen molar-refractivity contribution >= 4 is 45.8 Å². The molecule has 1 aromatic rings. The Morgan fingerprint density at radius 3 is 2.43 bits per heavy atom. The van der Waals surface area contributed by atoms with E-state index in [0.717, 1.165) is 55.3 Å². The SMILES string of the molecule is Cl.O=C(c1ccc(Br)cc1Cl)N1CC[C@@H]2CNC[C@@H]2CC1. The molecular weight excluding hydrogens is 375 g/mol. The first-order chi connectivity index (χ1) is 9.65. The highest BCUT2D eigenvalue weighted by molar-refractivity contribution is 9.10. The third-order valence-corrected chi connectivity index (χ3v) is 5.27. The van der Waals surface area contributed by atoms with Crippen LogP contribution in [0.25, 0.3) is 0 Å². The van der Waals surface area contributed by atoms with Crippen LogP contribution in [0.1, 0.15) is 23.2 Å². The van der Waals surface area contributed by atoms with Gasteiger partial charge in [0.25, 0.3) is 5.91 Å². The number of nitrogens with zero attached hydrogens (tertiary/aromatic N) is 1. The van der Waals surface area contributed by atoms with E-state index in [0.29, 0.717) is 10.6 Å². The summed E-state index contributed by atoms with van der Waals surface area (Å²) in [7, 11) is 0. The molecule has 2 aliphatic rings. The summed E-state index contributed by atoms with van der Waals surface area (Å²) in [6, 6.07) is 5.46. The van der Waals surface area contributed by atoms with Crippen molar-refractivity contribution in [3.63, 3.8) is 0 Å². The smallest absolute Gasteiger partial charge is 0.255 e. The van der Waals surface area contributed by atoms with Crippen molar-refractivity contribution in [2.45, 2.75) is 12.8 Å². The first kappa shape index (κ1) is 17.1. The number of carbonyl (C=O) groups is 1. The largest absolute Gasteiger partial charge is 0.339 e. The van der Waals surface area contributed by atoms with Gasteiger partial charge in [-0.1, -0.05) is 27.5 Å². The fourth-order valence-electron chi connectivity index (χ4n) is 3.25. The summed E-state index contributed by atoms with van der Waals surface area (Å²) in [4.78, 5) is 14.6. The molecule has 0 aliphatic carbocycles. The van der Waals surface area contributed by atoms with Gasteiger partial charge < -0.3 is 10.2 Å². The van der Waals surface area contributed by atoms with Crippen molar-refractivity contribution in [1.82, 2.24) is 10.2 Å². The van der Waals surface area contributed by atoms with Gasteiger partial charge in [0.1, 0.15) is 0 Å². The Kier molecular flexibility index (Phi) is 5.95. The number of benzene rings is 1. The molecule has 0 saturated carbocycles. The molecule has 116 valence electrons. The quantitative estimate of drug-likeness (QED) is 0.790. The Labute approximate surface area is 144 Å². The molecule has 1 N–H and O–H groups in total. The lowest BCUT2D eigenvalue weighted by Crippen LogP contribution is -2.32. The Morgan fingerprint density at radius 1 is 1.24 bits per heavy atom. The van der Waals surface area contributed by atoms with Crippen LogP contribution in [0.5, 0.6) is 0 Å². The number of rotatable bonds is 1. The molecule has 2 saturated heterocycles. The van der Waals surface area contributed by atoms with Crippen molar-refractivity contribution in [3.8, 4) is 0 Å². The molecule has 3 rings (SSSR count). The minimum Gasteiger partial charge on any atom is -0.339 e. The lowest BCUT2D eigenvalue weighted by molar-refractivity contribution is 0.0758. The van der Waals surface area contributed by atoms with E-state index in [1.165, 1.54) is 0 Å². The predicted octanol–water partition coefficient (Wildman–Crippen LogP) is 3.60.